The van der Waals surface area contributed by atoms with Crippen LogP contribution in [0.5, 0.6) is 0 Å². The quantitative estimate of drug-likeness (QED) is 0.570. The largest absolute Gasteiger partial charge is 0.366 e. The Morgan fingerprint density at radius 2 is 2.20 bits per heavy atom. The van der Waals surface area contributed by atoms with E-state index in [1.165, 1.54) is 6.07 Å². The van der Waals surface area contributed by atoms with Crippen LogP contribution in [0.25, 0.3) is 0 Å². The second-order valence-corrected chi connectivity index (χ2v) is 2.92. The van der Waals surface area contributed by atoms with Crippen molar-refractivity contribution in [3.8, 4) is 6.07 Å². The molecular weight excluding hydrogens is 198 g/mol. The highest BCUT2D eigenvalue weighted by molar-refractivity contribution is 5.95. The van der Waals surface area contributed by atoms with E-state index in [0.29, 0.717) is 5.56 Å². The molecule has 0 heterocycles. The first-order valence-electron chi connectivity index (χ1n) is 3.96. The summed E-state index contributed by atoms with van der Waals surface area (Å²) in [7, 11) is 0. The van der Waals surface area contributed by atoms with Crippen LogP contribution in [0.4, 0.5) is 5.69 Å². The monoisotopic (exact) mass is 205 g/mol. The second kappa shape index (κ2) is 3.75. The lowest BCUT2D eigenvalue weighted by molar-refractivity contribution is -0.385. The molecule has 0 radical (unpaired) electrons. The van der Waals surface area contributed by atoms with Crippen LogP contribution < -0.4 is 5.73 Å². The molecule has 0 unspecified atom stereocenters. The summed E-state index contributed by atoms with van der Waals surface area (Å²) in [6.45, 7) is 1.56. The zero-order valence-electron chi connectivity index (χ0n) is 7.85. The Bertz CT molecular complexity index is 488. The van der Waals surface area contributed by atoms with E-state index in [0.717, 1.165) is 6.07 Å². The number of nitro groups is 1. The molecule has 0 bridgehead atoms. The van der Waals surface area contributed by atoms with Gasteiger partial charge in [-0.2, -0.15) is 5.26 Å². The van der Waals surface area contributed by atoms with Crippen molar-refractivity contribution in [3.05, 3.63) is 38.9 Å². The molecule has 0 atom stereocenters. The number of amides is 1. The summed E-state index contributed by atoms with van der Waals surface area (Å²) in [5, 5.41) is 19.2. The minimum Gasteiger partial charge on any atom is -0.366 e. The molecule has 0 aliphatic carbocycles. The van der Waals surface area contributed by atoms with Gasteiger partial charge >= 0.3 is 0 Å². The number of rotatable bonds is 2. The van der Waals surface area contributed by atoms with Crippen LogP contribution in [0.2, 0.25) is 0 Å². The average Bonchev–Trinajstić information content (AvgIpc) is 2.16. The van der Waals surface area contributed by atoms with Gasteiger partial charge in [0, 0.05) is 11.6 Å². The lowest BCUT2D eigenvalue weighted by Crippen LogP contribution is -2.13. The number of carbonyl (C=O) groups is 1. The van der Waals surface area contributed by atoms with Gasteiger partial charge in [-0.05, 0) is 18.6 Å². The summed E-state index contributed by atoms with van der Waals surface area (Å²) >= 11 is 0. The molecule has 1 rings (SSSR count). The van der Waals surface area contributed by atoms with Gasteiger partial charge in [-0.15, -0.1) is 0 Å². The van der Waals surface area contributed by atoms with E-state index in [2.05, 4.69) is 0 Å². The minimum atomic E-state index is -0.750. The van der Waals surface area contributed by atoms with Crippen LogP contribution in [-0.2, 0) is 0 Å². The van der Waals surface area contributed by atoms with Crippen molar-refractivity contribution in [3.63, 3.8) is 0 Å². The van der Waals surface area contributed by atoms with Crippen molar-refractivity contribution in [2.24, 2.45) is 5.73 Å². The third-order valence-corrected chi connectivity index (χ3v) is 1.93. The highest BCUT2D eigenvalue weighted by Gasteiger charge is 2.18. The average molecular weight is 205 g/mol. The third-order valence-electron chi connectivity index (χ3n) is 1.93. The first kappa shape index (κ1) is 10.7. The van der Waals surface area contributed by atoms with Gasteiger partial charge in [-0.3, -0.25) is 14.9 Å². The summed E-state index contributed by atoms with van der Waals surface area (Å²) in [6.07, 6.45) is 0. The van der Waals surface area contributed by atoms with Crippen molar-refractivity contribution in [2.45, 2.75) is 6.92 Å². The highest BCUT2D eigenvalue weighted by atomic mass is 16.6. The molecule has 0 saturated carbocycles. The summed E-state index contributed by atoms with van der Waals surface area (Å²) in [6, 6.07) is 3.99. The fourth-order valence-corrected chi connectivity index (χ4v) is 1.20. The van der Waals surface area contributed by atoms with Gasteiger partial charge in [0.15, 0.2) is 0 Å². The molecule has 6 heteroatoms. The van der Waals surface area contributed by atoms with Crippen molar-refractivity contribution in [2.75, 3.05) is 0 Å². The van der Waals surface area contributed by atoms with Crippen LogP contribution in [0.15, 0.2) is 12.1 Å². The maximum Gasteiger partial charge on any atom is 0.287 e. The molecule has 76 valence electrons. The lowest BCUT2D eigenvalue weighted by Gasteiger charge is -2.02. The van der Waals surface area contributed by atoms with E-state index < -0.39 is 16.5 Å². The van der Waals surface area contributed by atoms with Crippen LogP contribution >= 0.6 is 0 Å². The topological polar surface area (TPSA) is 110 Å². The molecular formula is C9H7N3O3. The molecule has 0 aromatic heterocycles. The maximum absolute atomic E-state index is 10.9. The van der Waals surface area contributed by atoms with Gasteiger partial charge < -0.3 is 5.73 Å². The summed E-state index contributed by atoms with van der Waals surface area (Å²) in [4.78, 5) is 20.8. The zero-order chi connectivity index (χ0) is 11.6. The molecule has 1 aromatic carbocycles. The summed E-state index contributed by atoms with van der Waals surface area (Å²) in [5.74, 6) is -0.750. The number of nitrogens with two attached hydrogens (primary N) is 1. The molecule has 0 saturated heterocycles. The molecule has 2 N–H and O–H groups in total. The van der Waals surface area contributed by atoms with Crippen LogP contribution in [0.3, 0.4) is 0 Å². The molecule has 6 nitrogen and oxygen atoms in total. The fourth-order valence-electron chi connectivity index (χ4n) is 1.20. The fraction of sp³-hybridized carbons (Fsp3) is 0.111. The predicted molar refractivity (Wildman–Crippen MR) is 51.1 cm³/mol. The lowest BCUT2D eigenvalue weighted by atomic mass is 10.0. The number of primary amides is 1. The SMILES string of the molecule is Cc1cc(C#N)c([N+](=O)[O-])cc1C(N)=O. The minimum absolute atomic E-state index is 0.0562. The number of aryl methyl sites for hydroxylation is 1. The van der Waals surface area contributed by atoms with Crippen LogP contribution in [0.1, 0.15) is 21.5 Å². The Hall–Kier alpha value is -2.42. The number of carbonyl (C=O) groups excluding carboxylic acids is 1. The van der Waals surface area contributed by atoms with E-state index >= 15 is 0 Å². The van der Waals surface area contributed by atoms with Gasteiger partial charge in [-0.1, -0.05) is 0 Å². The van der Waals surface area contributed by atoms with Crippen molar-refractivity contribution in [1.82, 2.24) is 0 Å². The Morgan fingerprint density at radius 1 is 1.60 bits per heavy atom. The first-order valence-corrected chi connectivity index (χ1v) is 3.96. The van der Waals surface area contributed by atoms with Crippen molar-refractivity contribution < 1.29 is 9.72 Å². The maximum atomic E-state index is 10.9. The number of nitro benzene ring substituents is 1. The van der Waals surface area contributed by atoms with Crippen LogP contribution in [-0.4, -0.2) is 10.8 Å². The van der Waals surface area contributed by atoms with Gasteiger partial charge in [0.25, 0.3) is 5.69 Å². The summed E-state index contributed by atoms with van der Waals surface area (Å²) in [5.41, 5.74) is 5.05. The van der Waals surface area contributed by atoms with Gasteiger partial charge in [0.2, 0.25) is 5.91 Å². The molecule has 15 heavy (non-hydrogen) atoms. The molecule has 1 amide bonds. The number of hydrogen-bond acceptors (Lipinski definition) is 4. The standard InChI is InChI=1S/C9H7N3O3/c1-5-2-6(4-10)8(12(14)15)3-7(5)9(11)13/h2-3H,1H3,(H2,11,13). The number of nitriles is 1. The Labute approximate surface area is 85.1 Å². The molecule has 1 aromatic rings. The number of nitrogens with zero attached hydrogens (tertiary/aromatic N) is 2. The third kappa shape index (κ3) is 1.91. The van der Waals surface area contributed by atoms with Crippen molar-refractivity contribution in [1.29, 1.82) is 5.26 Å². The van der Waals surface area contributed by atoms with E-state index in [4.69, 9.17) is 11.0 Å². The first-order chi connectivity index (χ1) is 6.97. The number of hydrogen-bond donors (Lipinski definition) is 1. The molecule has 0 fully saturated rings. The molecule has 0 spiro atoms. The Balaban J connectivity index is 3.52. The predicted octanol–water partition coefficient (Wildman–Crippen LogP) is 0.874. The zero-order valence-corrected chi connectivity index (χ0v) is 7.85. The normalized spacial score (nSPS) is 9.33. The Kier molecular flexibility index (Phi) is 2.67. The second-order valence-electron chi connectivity index (χ2n) is 2.92. The number of benzene rings is 1. The summed E-state index contributed by atoms with van der Waals surface area (Å²) < 4.78 is 0. The Morgan fingerprint density at radius 3 is 2.60 bits per heavy atom. The van der Waals surface area contributed by atoms with Gasteiger partial charge in [-0.25, -0.2) is 0 Å². The van der Waals surface area contributed by atoms with E-state index in [1.54, 1.807) is 13.0 Å². The highest BCUT2D eigenvalue weighted by Crippen LogP contribution is 2.22. The van der Waals surface area contributed by atoms with E-state index in [1.807, 2.05) is 0 Å². The van der Waals surface area contributed by atoms with Gasteiger partial charge in [0.05, 0.1) is 4.92 Å². The molecule has 0 aliphatic rings. The van der Waals surface area contributed by atoms with Gasteiger partial charge in [0.1, 0.15) is 11.6 Å². The smallest absolute Gasteiger partial charge is 0.287 e. The van der Waals surface area contributed by atoms with Crippen LogP contribution in [0, 0.1) is 28.4 Å². The van der Waals surface area contributed by atoms with Crippen molar-refractivity contribution >= 4 is 11.6 Å². The molecule has 0 aliphatic heterocycles. The van der Waals surface area contributed by atoms with E-state index in [-0.39, 0.29) is 11.1 Å². The van der Waals surface area contributed by atoms with E-state index in [9.17, 15) is 14.9 Å².